The summed E-state index contributed by atoms with van der Waals surface area (Å²) >= 11 is 0. The van der Waals surface area contributed by atoms with Crippen LogP contribution in [0.25, 0.3) is 0 Å². The van der Waals surface area contributed by atoms with Crippen molar-refractivity contribution >= 4 is 17.5 Å². The molecule has 1 atom stereocenters. The Labute approximate surface area is 124 Å². The van der Waals surface area contributed by atoms with Crippen LogP contribution in [0.4, 0.5) is 5.69 Å². The van der Waals surface area contributed by atoms with E-state index in [1.807, 2.05) is 6.07 Å². The number of hydrogen-bond acceptors (Lipinski definition) is 4. The van der Waals surface area contributed by atoms with Gasteiger partial charge in [-0.1, -0.05) is 6.07 Å². The zero-order valence-electron chi connectivity index (χ0n) is 12.3. The van der Waals surface area contributed by atoms with E-state index in [0.717, 1.165) is 31.5 Å². The van der Waals surface area contributed by atoms with Crippen LogP contribution in [-0.4, -0.2) is 36.9 Å². The number of nitrogen functional groups attached to an aromatic ring is 1. The van der Waals surface area contributed by atoms with Crippen molar-refractivity contribution in [3.8, 4) is 0 Å². The average molecular weight is 290 g/mol. The van der Waals surface area contributed by atoms with Crippen LogP contribution >= 0.6 is 0 Å². The van der Waals surface area contributed by atoms with E-state index < -0.39 is 5.91 Å². The van der Waals surface area contributed by atoms with Crippen molar-refractivity contribution in [3.63, 3.8) is 0 Å². The van der Waals surface area contributed by atoms with Gasteiger partial charge in [0.25, 0.3) is 0 Å². The number of likely N-dealkylation sites (tertiary alicyclic amines) is 1. The summed E-state index contributed by atoms with van der Waals surface area (Å²) in [5.41, 5.74) is 13.2. The second-order valence-electron chi connectivity index (χ2n) is 5.47. The van der Waals surface area contributed by atoms with Crippen LogP contribution in [-0.2, 0) is 11.3 Å². The maximum Gasteiger partial charge on any atom is 0.248 e. The number of carbonyl (C=O) groups is 2. The maximum absolute atomic E-state index is 11.7. The summed E-state index contributed by atoms with van der Waals surface area (Å²) < 4.78 is 0. The Balaban J connectivity index is 2.04. The molecule has 0 saturated carbocycles. The lowest BCUT2D eigenvalue weighted by Gasteiger charge is -2.32. The van der Waals surface area contributed by atoms with Gasteiger partial charge in [-0.05, 0) is 37.1 Å². The number of nitrogens with zero attached hydrogens (tertiary/aromatic N) is 1. The molecule has 1 aliphatic heterocycles. The highest BCUT2D eigenvalue weighted by molar-refractivity contribution is 5.93. The van der Waals surface area contributed by atoms with Gasteiger partial charge < -0.3 is 16.8 Å². The number of carbonyl (C=O) groups excluding carboxylic acids is 2. The van der Waals surface area contributed by atoms with Crippen molar-refractivity contribution in [1.29, 1.82) is 0 Å². The van der Waals surface area contributed by atoms with Crippen LogP contribution in [0.5, 0.6) is 0 Å². The van der Waals surface area contributed by atoms with E-state index in [2.05, 4.69) is 10.2 Å². The molecule has 5 N–H and O–H groups in total. The third kappa shape index (κ3) is 3.72. The predicted molar refractivity (Wildman–Crippen MR) is 81.4 cm³/mol. The van der Waals surface area contributed by atoms with E-state index in [9.17, 15) is 9.59 Å². The highest BCUT2D eigenvalue weighted by Crippen LogP contribution is 2.21. The van der Waals surface area contributed by atoms with Gasteiger partial charge in [0.2, 0.25) is 11.8 Å². The monoisotopic (exact) mass is 290 g/mol. The molecule has 0 spiro atoms. The van der Waals surface area contributed by atoms with E-state index in [4.69, 9.17) is 11.5 Å². The largest absolute Gasteiger partial charge is 0.398 e. The van der Waals surface area contributed by atoms with Crippen LogP contribution in [0, 0.1) is 5.92 Å². The van der Waals surface area contributed by atoms with Crippen molar-refractivity contribution in [2.75, 3.05) is 25.9 Å². The van der Waals surface area contributed by atoms with Gasteiger partial charge in [-0.15, -0.1) is 0 Å². The molecule has 0 radical (unpaired) electrons. The Kier molecular flexibility index (Phi) is 4.80. The van der Waals surface area contributed by atoms with E-state index in [1.165, 1.54) is 0 Å². The van der Waals surface area contributed by atoms with E-state index >= 15 is 0 Å². The zero-order chi connectivity index (χ0) is 15.4. The highest BCUT2D eigenvalue weighted by Gasteiger charge is 2.25. The first kappa shape index (κ1) is 15.3. The summed E-state index contributed by atoms with van der Waals surface area (Å²) in [6.07, 6.45) is 1.92. The molecule has 0 aliphatic carbocycles. The number of primary amides is 1. The molecule has 1 unspecified atom stereocenters. The quantitative estimate of drug-likeness (QED) is 0.695. The fourth-order valence-electron chi connectivity index (χ4n) is 2.75. The molecule has 2 amide bonds. The number of nitrogens with two attached hydrogens (primary N) is 2. The molecule has 0 aromatic heterocycles. The van der Waals surface area contributed by atoms with Crippen LogP contribution in [0.1, 0.15) is 28.8 Å². The minimum atomic E-state index is -0.481. The molecular formula is C15H22N4O2. The summed E-state index contributed by atoms with van der Waals surface area (Å²) in [6.45, 7) is 2.36. The molecule has 1 heterocycles. The SMILES string of the molecule is CNC(=O)C1CCCN(Cc2ccc(C(N)=O)cc2N)C1. The first-order valence-corrected chi connectivity index (χ1v) is 7.13. The van der Waals surface area contributed by atoms with Gasteiger partial charge in [-0.2, -0.15) is 0 Å². The number of piperidine rings is 1. The van der Waals surface area contributed by atoms with Crippen molar-refractivity contribution in [2.45, 2.75) is 19.4 Å². The second kappa shape index (κ2) is 6.58. The Bertz CT molecular complexity index is 544. The van der Waals surface area contributed by atoms with Gasteiger partial charge in [-0.25, -0.2) is 0 Å². The van der Waals surface area contributed by atoms with Gasteiger partial charge in [0.15, 0.2) is 0 Å². The average Bonchev–Trinajstić information content (AvgIpc) is 2.48. The molecule has 114 valence electrons. The minimum Gasteiger partial charge on any atom is -0.398 e. The lowest BCUT2D eigenvalue weighted by Crippen LogP contribution is -2.41. The molecule has 6 heteroatoms. The molecule has 0 bridgehead atoms. The van der Waals surface area contributed by atoms with Gasteiger partial charge in [0.05, 0.1) is 5.92 Å². The van der Waals surface area contributed by atoms with Crippen molar-refractivity contribution in [2.24, 2.45) is 11.7 Å². The normalized spacial score (nSPS) is 19.2. The van der Waals surface area contributed by atoms with Gasteiger partial charge >= 0.3 is 0 Å². The minimum absolute atomic E-state index is 0.0369. The van der Waals surface area contributed by atoms with Crippen molar-refractivity contribution in [3.05, 3.63) is 29.3 Å². The van der Waals surface area contributed by atoms with Gasteiger partial charge in [0, 0.05) is 31.4 Å². The molecule has 1 aliphatic rings. The number of rotatable bonds is 4. The summed E-state index contributed by atoms with van der Waals surface area (Å²) in [4.78, 5) is 25.1. The van der Waals surface area contributed by atoms with Gasteiger partial charge in [0.1, 0.15) is 0 Å². The molecule has 21 heavy (non-hydrogen) atoms. The highest BCUT2D eigenvalue weighted by atomic mass is 16.2. The first-order chi connectivity index (χ1) is 10.0. The van der Waals surface area contributed by atoms with Crippen LogP contribution in [0.3, 0.4) is 0 Å². The smallest absolute Gasteiger partial charge is 0.248 e. The number of nitrogens with one attached hydrogen (secondary N) is 1. The first-order valence-electron chi connectivity index (χ1n) is 7.13. The fraction of sp³-hybridized carbons (Fsp3) is 0.467. The molecular weight excluding hydrogens is 268 g/mol. The molecule has 6 nitrogen and oxygen atoms in total. The summed E-state index contributed by atoms with van der Waals surface area (Å²) in [5, 5.41) is 2.71. The van der Waals surface area contributed by atoms with E-state index in [0.29, 0.717) is 17.8 Å². The number of benzene rings is 1. The molecule has 1 aromatic rings. The standard InChI is InChI=1S/C15H22N4O2/c1-18-15(21)12-3-2-6-19(9-12)8-11-5-4-10(14(17)20)7-13(11)16/h4-5,7,12H,2-3,6,8-9,16H2,1H3,(H2,17,20)(H,18,21). The van der Waals surface area contributed by atoms with Crippen LogP contribution < -0.4 is 16.8 Å². The number of hydrogen-bond donors (Lipinski definition) is 3. The Hall–Kier alpha value is -2.08. The summed E-state index contributed by atoms with van der Waals surface area (Å²) in [6, 6.07) is 5.13. The maximum atomic E-state index is 11.7. The predicted octanol–water partition coefficient (Wildman–Crippen LogP) is 0.326. The fourth-order valence-corrected chi connectivity index (χ4v) is 2.75. The summed E-state index contributed by atoms with van der Waals surface area (Å²) in [5.74, 6) is -0.350. The molecule has 1 aromatic carbocycles. The van der Waals surface area contributed by atoms with E-state index in [1.54, 1.807) is 19.2 Å². The third-order valence-electron chi connectivity index (χ3n) is 3.95. The topological polar surface area (TPSA) is 101 Å². The molecule has 1 fully saturated rings. The second-order valence-corrected chi connectivity index (χ2v) is 5.47. The summed E-state index contributed by atoms with van der Waals surface area (Å²) in [7, 11) is 1.67. The third-order valence-corrected chi connectivity index (χ3v) is 3.95. The van der Waals surface area contributed by atoms with Gasteiger partial charge in [-0.3, -0.25) is 14.5 Å². The number of anilines is 1. The lowest BCUT2D eigenvalue weighted by atomic mass is 9.96. The Morgan fingerprint density at radius 3 is 2.81 bits per heavy atom. The Morgan fingerprint density at radius 1 is 1.43 bits per heavy atom. The number of amides is 2. The zero-order valence-corrected chi connectivity index (χ0v) is 12.3. The molecule has 2 rings (SSSR count). The van der Waals surface area contributed by atoms with Crippen molar-refractivity contribution < 1.29 is 9.59 Å². The molecule has 1 saturated heterocycles. The van der Waals surface area contributed by atoms with Crippen LogP contribution in [0.2, 0.25) is 0 Å². The van der Waals surface area contributed by atoms with Crippen molar-refractivity contribution in [1.82, 2.24) is 10.2 Å². The van der Waals surface area contributed by atoms with Crippen LogP contribution in [0.15, 0.2) is 18.2 Å². The van der Waals surface area contributed by atoms with E-state index in [-0.39, 0.29) is 11.8 Å². The lowest BCUT2D eigenvalue weighted by molar-refractivity contribution is -0.126. The Morgan fingerprint density at radius 2 is 2.19 bits per heavy atom.